The van der Waals surface area contributed by atoms with Crippen LogP contribution in [-0.4, -0.2) is 55.8 Å². The molecule has 4 aromatic rings. The summed E-state index contributed by atoms with van der Waals surface area (Å²) in [5, 5.41) is 11.6. The molecule has 212 valence electrons. The van der Waals surface area contributed by atoms with Gasteiger partial charge in [-0.2, -0.15) is 5.10 Å². The van der Waals surface area contributed by atoms with E-state index in [0.29, 0.717) is 40.1 Å². The molecule has 2 amide bonds. The number of likely N-dealkylation sites (N-methyl/N-ethyl adjacent to an activating group) is 1. The van der Waals surface area contributed by atoms with Gasteiger partial charge in [0.2, 0.25) is 5.91 Å². The van der Waals surface area contributed by atoms with Crippen LogP contribution in [0.3, 0.4) is 0 Å². The lowest BCUT2D eigenvalue weighted by molar-refractivity contribution is -0.130. The van der Waals surface area contributed by atoms with Crippen LogP contribution in [0.25, 0.3) is 21.9 Å². The minimum Gasteiger partial charge on any atom is -0.444 e. The normalized spacial score (nSPS) is 16.0. The Morgan fingerprint density at radius 2 is 1.90 bits per heavy atom. The Bertz CT molecular complexity index is 1700. The molecule has 41 heavy (non-hydrogen) atoms. The first-order valence-corrected chi connectivity index (χ1v) is 13.5. The summed E-state index contributed by atoms with van der Waals surface area (Å²) in [4.78, 5) is 35.7. The highest BCUT2D eigenvalue weighted by Crippen LogP contribution is 2.50. The number of aromatic nitrogens is 4. The SMILES string of the molecule is Cc1ccncc1-c1cc2cc(Nc3cc4n(n3)CC(=O)N(C)CC43CC3)ncc2c(NC(=O)OC(C)(C)C)c1F. The minimum absolute atomic E-state index is 0.0266. The average molecular weight is 558 g/mol. The van der Waals surface area contributed by atoms with Crippen molar-refractivity contribution in [2.24, 2.45) is 0 Å². The third-order valence-electron chi connectivity index (χ3n) is 7.60. The maximum Gasteiger partial charge on any atom is 0.412 e. The summed E-state index contributed by atoms with van der Waals surface area (Å²) in [6, 6.07) is 7.28. The quantitative estimate of drug-likeness (QED) is 0.339. The highest BCUT2D eigenvalue weighted by atomic mass is 19.1. The van der Waals surface area contributed by atoms with Crippen molar-refractivity contribution in [1.82, 2.24) is 24.6 Å². The van der Waals surface area contributed by atoms with Crippen LogP contribution in [0.5, 0.6) is 0 Å². The van der Waals surface area contributed by atoms with E-state index in [2.05, 4.69) is 25.7 Å². The highest BCUT2D eigenvalue weighted by molar-refractivity contribution is 6.03. The average Bonchev–Trinajstić information content (AvgIpc) is 3.57. The smallest absolute Gasteiger partial charge is 0.412 e. The fourth-order valence-electron chi connectivity index (χ4n) is 5.40. The van der Waals surface area contributed by atoms with Crippen LogP contribution in [-0.2, 0) is 21.5 Å². The molecule has 1 aromatic carbocycles. The number of benzene rings is 1. The number of carbonyl (C=O) groups excluding carboxylic acids is 2. The fraction of sp³-hybridized carbons (Fsp3) is 0.367. The monoisotopic (exact) mass is 557 g/mol. The molecule has 0 unspecified atom stereocenters. The van der Waals surface area contributed by atoms with Gasteiger partial charge in [0.25, 0.3) is 0 Å². The summed E-state index contributed by atoms with van der Waals surface area (Å²) in [7, 11) is 1.84. The predicted octanol–water partition coefficient (Wildman–Crippen LogP) is 5.54. The molecule has 6 rings (SSSR count). The Labute approximate surface area is 236 Å². The van der Waals surface area contributed by atoms with E-state index in [1.165, 1.54) is 6.20 Å². The first-order valence-electron chi connectivity index (χ1n) is 13.5. The number of hydrogen-bond acceptors (Lipinski definition) is 7. The van der Waals surface area contributed by atoms with Crippen molar-refractivity contribution in [3.63, 3.8) is 0 Å². The van der Waals surface area contributed by atoms with Crippen molar-refractivity contribution >= 4 is 40.1 Å². The predicted molar refractivity (Wildman–Crippen MR) is 154 cm³/mol. The first-order chi connectivity index (χ1) is 19.4. The number of anilines is 3. The van der Waals surface area contributed by atoms with Crippen LogP contribution < -0.4 is 10.6 Å². The standard InChI is InChI=1S/C30H32FN7O3/c1-17-6-9-32-13-20(17)19-10-18-11-23(33-14-21(18)27(26(19)31)35-28(40)41-29(2,3)4)34-24-12-22-30(7-8-30)16-37(5)25(39)15-38(22)36-24/h6,9-14H,7-8,15-16H2,1-5H3,(H,35,40)(H,33,34,36). The largest absolute Gasteiger partial charge is 0.444 e. The molecule has 2 N–H and O–H groups in total. The lowest BCUT2D eigenvalue weighted by Gasteiger charge is -2.21. The Morgan fingerprint density at radius 3 is 2.61 bits per heavy atom. The van der Waals surface area contributed by atoms with Gasteiger partial charge in [-0.15, -0.1) is 0 Å². The van der Waals surface area contributed by atoms with Gasteiger partial charge in [0.15, 0.2) is 11.6 Å². The van der Waals surface area contributed by atoms with Crippen molar-refractivity contribution in [3.8, 4) is 11.1 Å². The summed E-state index contributed by atoms with van der Waals surface area (Å²) in [6.45, 7) is 7.97. The lowest BCUT2D eigenvalue weighted by Crippen LogP contribution is -2.32. The van der Waals surface area contributed by atoms with E-state index in [0.717, 1.165) is 24.1 Å². The second-order valence-electron chi connectivity index (χ2n) is 11.9. The van der Waals surface area contributed by atoms with Crippen LogP contribution in [0.15, 0.2) is 42.9 Å². The van der Waals surface area contributed by atoms with E-state index < -0.39 is 17.5 Å². The molecule has 1 aliphatic heterocycles. The molecule has 3 aromatic heterocycles. The van der Waals surface area contributed by atoms with Crippen molar-refractivity contribution in [3.05, 3.63) is 59.9 Å². The summed E-state index contributed by atoms with van der Waals surface area (Å²) in [6.07, 6.45) is 6.01. The van der Waals surface area contributed by atoms with Crippen LogP contribution in [0, 0.1) is 12.7 Å². The Morgan fingerprint density at radius 1 is 1.12 bits per heavy atom. The number of ether oxygens (including phenoxy) is 1. The molecule has 10 nitrogen and oxygen atoms in total. The van der Waals surface area contributed by atoms with Gasteiger partial charge in [-0.3, -0.25) is 19.8 Å². The Kier molecular flexibility index (Phi) is 6.20. The van der Waals surface area contributed by atoms with E-state index >= 15 is 4.39 Å². The number of nitrogens with zero attached hydrogens (tertiary/aromatic N) is 5. The molecule has 1 aliphatic carbocycles. The van der Waals surface area contributed by atoms with Gasteiger partial charge in [-0.1, -0.05) is 0 Å². The topological polar surface area (TPSA) is 114 Å². The number of nitrogens with one attached hydrogen (secondary N) is 2. The van der Waals surface area contributed by atoms with E-state index in [9.17, 15) is 9.59 Å². The molecular weight excluding hydrogens is 525 g/mol. The summed E-state index contributed by atoms with van der Waals surface area (Å²) in [5.74, 6) is 0.485. The number of hydrogen-bond donors (Lipinski definition) is 2. The summed E-state index contributed by atoms with van der Waals surface area (Å²) in [5.41, 5.74) is 1.93. The number of fused-ring (bicyclic) bond motifs is 3. The number of aryl methyl sites for hydroxylation is 1. The van der Waals surface area contributed by atoms with Gasteiger partial charge in [-0.05, 0) is 69.7 Å². The molecular formula is C30H32FN7O3. The van der Waals surface area contributed by atoms with Crippen LogP contribution in [0.1, 0.15) is 44.9 Å². The van der Waals surface area contributed by atoms with Gasteiger partial charge in [0.1, 0.15) is 18.0 Å². The number of pyridine rings is 2. The zero-order chi connectivity index (χ0) is 29.1. The van der Waals surface area contributed by atoms with E-state index in [1.54, 1.807) is 60.9 Å². The third kappa shape index (κ3) is 5.07. The lowest BCUT2D eigenvalue weighted by atomic mass is 9.98. The van der Waals surface area contributed by atoms with Crippen molar-refractivity contribution in [1.29, 1.82) is 0 Å². The maximum atomic E-state index is 16.0. The van der Waals surface area contributed by atoms with Gasteiger partial charge >= 0.3 is 6.09 Å². The third-order valence-corrected chi connectivity index (χ3v) is 7.60. The molecule has 11 heteroatoms. The highest BCUT2D eigenvalue weighted by Gasteiger charge is 2.50. The van der Waals surface area contributed by atoms with E-state index in [1.807, 2.05) is 20.0 Å². The Hall–Kier alpha value is -4.54. The number of amides is 2. The molecule has 0 radical (unpaired) electrons. The molecule has 4 heterocycles. The second-order valence-corrected chi connectivity index (χ2v) is 11.9. The van der Waals surface area contributed by atoms with Gasteiger partial charge in [-0.25, -0.2) is 14.2 Å². The maximum absolute atomic E-state index is 16.0. The minimum atomic E-state index is -0.770. The fourth-order valence-corrected chi connectivity index (χ4v) is 5.40. The van der Waals surface area contributed by atoms with Crippen molar-refractivity contribution in [2.75, 3.05) is 24.2 Å². The number of carbonyl (C=O) groups is 2. The van der Waals surface area contributed by atoms with Gasteiger partial charge in [0, 0.05) is 65.9 Å². The number of halogens is 1. The first kappa shape index (κ1) is 26.7. The van der Waals surface area contributed by atoms with Crippen LogP contribution in [0.2, 0.25) is 0 Å². The molecule has 0 atom stereocenters. The van der Waals surface area contributed by atoms with Crippen molar-refractivity contribution in [2.45, 2.75) is 58.1 Å². The molecule has 1 spiro atoms. The van der Waals surface area contributed by atoms with Gasteiger partial charge in [0.05, 0.1) is 5.69 Å². The molecule has 2 aliphatic rings. The van der Waals surface area contributed by atoms with Crippen LogP contribution >= 0.6 is 0 Å². The summed E-state index contributed by atoms with van der Waals surface area (Å²) < 4.78 is 23.2. The Balaban J connectivity index is 1.40. The molecule has 0 saturated heterocycles. The molecule has 0 bridgehead atoms. The number of rotatable bonds is 4. The molecule has 1 fully saturated rings. The van der Waals surface area contributed by atoms with E-state index in [-0.39, 0.29) is 23.6 Å². The zero-order valence-electron chi connectivity index (χ0n) is 23.7. The van der Waals surface area contributed by atoms with E-state index in [4.69, 9.17) is 4.74 Å². The zero-order valence-corrected chi connectivity index (χ0v) is 23.7. The van der Waals surface area contributed by atoms with Crippen molar-refractivity contribution < 1.29 is 18.7 Å². The second kappa shape index (κ2) is 9.53. The van der Waals surface area contributed by atoms with Gasteiger partial charge < -0.3 is 15.0 Å². The molecule has 1 saturated carbocycles. The summed E-state index contributed by atoms with van der Waals surface area (Å²) >= 11 is 0. The van der Waals surface area contributed by atoms with Crippen LogP contribution in [0.4, 0.5) is 26.5 Å².